The second-order valence-corrected chi connectivity index (χ2v) is 6.73. The molecule has 1 aliphatic rings. The van der Waals surface area contributed by atoms with Crippen molar-refractivity contribution in [3.8, 4) is 22.9 Å². The second-order valence-electron chi connectivity index (χ2n) is 5.73. The number of hydrogen-bond acceptors (Lipinski definition) is 4. The van der Waals surface area contributed by atoms with Crippen molar-refractivity contribution < 1.29 is 9.90 Å². The fourth-order valence-corrected chi connectivity index (χ4v) is 3.60. The van der Waals surface area contributed by atoms with Gasteiger partial charge in [-0.25, -0.2) is 4.98 Å². The molecule has 118 valence electrons. The summed E-state index contributed by atoms with van der Waals surface area (Å²) in [6, 6.07) is 8.00. The lowest BCUT2D eigenvalue weighted by Gasteiger charge is -2.29. The van der Waals surface area contributed by atoms with Crippen LogP contribution >= 0.6 is 11.3 Å². The van der Waals surface area contributed by atoms with E-state index in [9.17, 15) is 9.90 Å². The predicted octanol–water partition coefficient (Wildman–Crippen LogP) is 2.70. The van der Waals surface area contributed by atoms with Crippen molar-refractivity contribution in [3.05, 3.63) is 40.4 Å². The van der Waals surface area contributed by atoms with E-state index >= 15 is 0 Å². The third-order valence-corrected chi connectivity index (χ3v) is 5.10. The Morgan fingerprint density at radius 3 is 2.61 bits per heavy atom. The van der Waals surface area contributed by atoms with Crippen LogP contribution in [0.3, 0.4) is 0 Å². The highest BCUT2D eigenvalue weighted by molar-refractivity contribution is 7.17. The van der Waals surface area contributed by atoms with E-state index in [0.29, 0.717) is 36.5 Å². The van der Waals surface area contributed by atoms with Crippen LogP contribution in [0.5, 0.6) is 0 Å². The zero-order valence-corrected chi connectivity index (χ0v) is 13.8. The summed E-state index contributed by atoms with van der Waals surface area (Å²) >= 11 is 1.34. The quantitative estimate of drug-likeness (QED) is 0.863. The maximum atomic E-state index is 12.7. The molecule has 23 heavy (non-hydrogen) atoms. The van der Waals surface area contributed by atoms with Crippen LogP contribution in [0.1, 0.15) is 33.8 Å². The molecule has 1 aliphatic heterocycles. The van der Waals surface area contributed by atoms with Gasteiger partial charge in [0.1, 0.15) is 15.6 Å². The van der Waals surface area contributed by atoms with Crippen molar-refractivity contribution in [2.45, 2.75) is 25.9 Å². The first kappa shape index (κ1) is 15.7. The molecule has 0 spiro atoms. The molecule has 0 aliphatic carbocycles. The van der Waals surface area contributed by atoms with Crippen LogP contribution in [0.15, 0.2) is 24.3 Å². The Bertz CT molecular complexity index is 750. The summed E-state index contributed by atoms with van der Waals surface area (Å²) in [6.45, 7) is 3.14. The SMILES string of the molecule is C#Cc1nc(-c2ccc(C)cc2)sc1C(=O)N1CCC(O)CC1. The number of benzene rings is 1. The average molecular weight is 326 g/mol. The van der Waals surface area contributed by atoms with Gasteiger partial charge in [0.2, 0.25) is 0 Å². The molecule has 1 fully saturated rings. The normalized spacial score (nSPS) is 15.4. The minimum absolute atomic E-state index is 0.0827. The number of aliphatic hydroxyl groups excluding tert-OH is 1. The molecule has 0 atom stereocenters. The van der Waals surface area contributed by atoms with Gasteiger partial charge in [-0.1, -0.05) is 29.8 Å². The van der Waals surface area contributed by atoms with Gasteiger partial charge >= 0.3 is 0 Å². The molecule has 4 nitrogen and oxygen atoms in total. The summed E-state index contributed by atoms with van der Waals surface area (Å²) in [4.78, 5) is 19.4. The van der Waals surface area contributed by atoms with E-state index in [1.54, 1.807) is 4.90 Å². The van der Waals surface area contributed by atoms with Gasteiger partial charge < -0.3 is 10.0 Å². The van der Waals surface area contributed by atoms with Gasteiger partial charge in [-0.15, -0.1) is 17.8 Å². The standard InChI is InChI=1S/C18H18N2O2S/c1-3-15-16(18(22)20-10-8-14(21)9-11-20)23-17(19-15)13-6-4-12(2)5-7-13/h1,4-7,14,21H,8-11H2,2H3. The van der Waals surface area contributed by atoms with Crippen molar-refractivity contribution in [3.63, 3.8) is 0 Å². The monoisotopic (exact) mass is 326 g/mol. The minimum atomic E-state index is -0.310. The zero-order valence-electron chi connectivity index (χ0n) is 13.0. The molecule has 5 heteroatoms. The first-order valence-corrected chi connectivity index (χ1v) is 8.42. The molecular formula is C18H18N2O2S. The Balaban J connectivity index is 1.89. The molecule has 0 saturated carbocycles. The Morgan fingerprint density at radius 2 is 2.00 bits per heavy atom. The number of carbonyl (C=O) groups is 1. The number of terminal acetylenes is 1. The van der Waals surface area contributed by atoms with E-state index in [4.69, 9.17) is 6.42 Å². The first-order chi connectivity index (χ1) is 11.1. The van der Waals surface area contributed by atoms with E-state index in [0.717, 1.165) is 10.6 Å². The number of aliphatic hydroxyl groups is 1. The van der Waals surface area contributed by atoms with Crippen LogP contribution in [0.2, 0.25) is 0 Å². The average Bonchev–Trinajstić information content (AvgIpc) is 3.00. The van der Waals surface area contributed by atoms with Crippen LogP contribution in [-0.2, 0) is 0 Å². The largest absolute Gasteiger partial charge is 0.393 e. The number of nitrogens with zero attached hydrogens (tertiary/aromatic N) is 2. The van der Waals surface area contributed by atoms with Crippen molar-refractivity contribution in [1.82, 2.24) is 9.88 Å². The summed E-state index contributed by atoms with van der Waals surface area (Å²) in [6.07, 6.45) is 6.45. The number of likely N-dealkylation sites (tertiary alicyclic amines) is 1. The van der Waals surface area contributed by atoms with Crippen molar-refractivity contribution in [2.24, 2.45) is 0 Å². The Kier molecular flexibility index (Phi) is 4.46. The number of aryl methyl sites for hydroxylation is 1. The third-order valence-electron chi connectivity index (χ3n) is 4.01. The maximum absolute atomic E-state index is 12.7. The number of piperidine rings is 1. The smallest absolute Gasteiger partial charge is 0.266 e. The molecule has 1 aromatic carbocycles. The molecule has 1 N–H and O–H groups in total. The third kappa shape index (κ3) is 3.29. The van der Waals surface area contributed by atoms with Crippen LogP contribution < -0.4 is 0 Å². The highest BCUT2D eigenvalue weighted by Gasteiger charge is 2.26. The molecule has 1 aromatic heterocycles. The number of thiazole rings is 1. The number of hydrogen-bond donors (Lipinski definition) is 1. The summed E-state index contributed by atoms with van der Waals surface area (Å²) in [7, 11) is 0. The van der Waals surface area contributed by atoms with Crippen molar-refractivity contribution in [2.75, 3.05) is 13.1 Å². The van der Waals surface area contributed by atoms with Crippen LogP contribution in [0, 0.1) is 19.3 Å². The number of carbonyl (C=O) groups excluding carboxylic acids is 1. The molecular weight excluding hydrogens is 308 g/mol. The Morgan fingerprint density at radius 1 is 1.35 bits per heavy atom. The molecule has 1 amide bonds. The van der Waals surface area contributed by atoms with Crippen LogP contribution in [-0.4, -0.2) is 40.1 Å². The summed E-state index contributed by atoms with van der Waals surface area (Å²) in [5.74, 6) is 2.45. The number of rotatable bonds is 2. The van der Waals surface area contributed by atoms with Gasteiger partial charge in [0, 0.05) is 18.7 Å². The van der Waals surface area contributed by atoms with E-state index < -0.39 is 0 Å². The van der Waals surface area contributed by atoms with Gasteiger partial charge in [-0.2, -0.15) is 0 Å². The molecule has 0 radical (unpaired) electrons. The van der Waals surface area contributed by atoms with Crippen LogP contribution in [0.4, 0.5) is 0 Å². The molecule has 2 aromatic rings. The van der Waals surface area contributed by atoms with Crippen molar-refractivity contribution >= 4 is 17.2 Å². The topological polar surface area (TPSA) is 53.4 Å². The van der Waals surface area contributed by atoms with E-state index in [1.807, 2.05) is 31.2 Å². The Hall–Kier alpha value is -2.16. The molecule has 1 saturated heterocycles. The molecule has 3 rings (SSSR count). The number of amides is 1. The lowest BCUT2D eigenvalue weighted by molar-refractivity contribution is 0.0550. The van der Waals surface area contributed by atoms with Gasteiger partial charge in [-0.3, -0.25) is 4.79 Å². The number of aromatic nitrogens is 1. The first-order valence-electron chi connectivity index (χ1n) is 7.60. The molecule has 0 bridgehead atoms. The highest BCUT2D eigenvalue weighted by atomic mass is 32.1. The van der Waals surface area contributed by atoms with Crippen molar-refractivity contribution in [1.29, 1.82) is 0 Å². The highest BCUT2D eigenvalue weighted by Crippen LogP contribution is 2.29. The predicted molar refractivity (Wildman–Crippen MR) is 91.4 cm³/mol. The Labute approximate surface area is 139 Å². The van der Waals surface area contributed by atoms with E-state index in [1.165, 1.54) is 16.9 Å². The van der Waals surface area contributed by atoms with Gasteiger partial charge in [0.25, 0.3) is 5.91 Å². The summed E-state index contributed by atoms with van der Waals surface area (Å²) in [5.41, 5.74) is 2.54. The fourth-order valence-electron chi connectivity index (χ4n) is 2.60. The van der Waals surface area contributed by atoms with E-state index in [-0.39, 0.29) is 12.0 Å². The minimum Gasteiger partial charge on any atom is -0.393 e. The summed E-state index contributed by atoms with van der Waals surface area (Å²) < 4.78 is 0. The lowest BCUT2D eigenvalue weighted by Crippen LogP contribution is -2.40. The second kappa shape index (κ2) is 6.53. The van der Waals surface area contributed by atoms with Gasteiger partial charge in [0.15, 0.2) is 0 Å². The van der Waals surface area contributed by atoms with Crippen LogP contribution in [0.25, 0.3) is 10.6 Å². The summed E-state index contributed by atoms with van der Waals surface area (Å²) in [5, 5.41) is 10.3. The molecule has 0 unspecified atom stereocenters. The fraction of sp³-hybridized carbons (Fsp3) is 0.333. The lowest BCUT2D eigenvalue weighted by atomic mass is 10.1. The molecule has 2 heterocycles. The van der Waals surface area contributed by atoms with Gasteiger partial charge in [0.05, 0.1) is 6.10 Å². The maximum Gasteiger partial charge on any atom is 0.266 e. The van der Waals surface area contributed by atoms with E-state index in [2.05, 4.69) is 10.9 Å². The zero-order chi connectivity index (χ0) is 16.4. The van der Waals surface area contributed by atoms with Gasteiger partial charge in [-0.05, 0) is 25.7 Å².